The van der Waals surface area contributed by atoms with Crippen molar-refractivity contribution in [1.29, 1.82) is 0 Å². The van der Waals surface area contributed by atoms with Crippen molar-refractivity contribution in [3.63, 3.8) is 0 Å². The van der Waals surface area contributed by atoms with Gasteiger partial charge in [0.15, 0.2) is 5.13 Å². The number of nitrogens with zero attached hydrogens (tertiary/aromatic N) is 1. The van der Waals surface area contributed by atoms with Crippen molar-refractivity contribution in [2.24, 2.45) is 0 Å². The van der Waals surface area contributed by atoms with Crippen molar-refractivity contribution in [1.82, 2.24) is 4.98 Å². The lowest BCUT2D eigenvalue weighted by Crippen LogP contribution is -2.04. The van der Waals surface area contributed by atoms with Crippen LogP contribution >= 0.6 is 11.3 Å². The summed E-state index contributed by atoms with van der Waals surface area (Å²) in [5, 5.41) is 4.20. The maximum absolute atomic E-state index is 11.5. The minimum Gasteiger partial charge on any atom is -0.465 e. The number of anilines is 1. The van der Waals surface area contributed by atoms with Gasteiger partial charge in [0.25, 0.3) is 0 Å². The number of nitrogens with one attached hydrogen (secondary N) is 1. The number of aromatic nitrogens is 1. The molecular weight excluding hydrogens is 296 g/mol. The van der Waals surface area contributed by atoms with E-state index in [0.717, 1.165) is 28.3 Å². The molecule has 112 valence electrons. The van der Waals surface area contributed by atoms with E-state index in [4.69, 9.17) is 4.74 Å². The molecule has 4 nitrogen and oxygen atoms in total. The fourth-order valence-corrected chi connectivity index (χ4v) is 3.13. The zero-order chi connectivity index (χ0) is 15.4. The highest BCUT2D eigenvalue weighted by atomic mass is 32.1. The van der Waals surface area contributed by atoms with E-state index in [-0.39, 0.29) is 5.97 Å². The Morgan fingerprint density at radius 3 is 2.82 bits per heavy atom. The summed E-state index contributed by atoms with van der Waals surface area (Å²) in [6, 6.07) is 15.7. The molecule has 0 aliphatic rings. The first-order valence-electron chi connectivity index (χ1n) is 7.03. The summed E-state index contributed by atoms with van der Waals surface area (Å²) in [6.07, 6.45) is 0.949. The Kier molecular flexibility index (Phi) is 4.34. The van der Waals surface area contributed by atoms with Crippen LogP contribution in [-0.2, 0) is 11.2 Å². The number of carbonyl (C=O) groups excluding carboxylic acids is 1. The van der Waals surface area contributed by atoms with Gasteiger partial charge in [0, 0.05) is 6.54 Å². The van der Waals surface area contributed by atoms with E-state index in [1.54, 1.807) is 17.4 Å². The highest BCUT2D eigenvalue weighted by Crippen LogP contribution is 2.27. The van der Waals surface area contributed by atoms with Crippen molar-refractivity contribution in [2.75, 3.05) is 19.0 Å². The molecule has 0 bridgehead atoms. The fraction of sp³-hybridized carbons (Fsp3) is 0.176. The van der Waals surface area contributed by atoms with E-state index in [9.17, 15) is 4.79 Å². The van der Waals surface area contributed by atoms with Gasteiger partial charge in [-0.1, -0.05) is 41.7 Å². The largest absolute Gasteiger partial charge is 0.465 e. The fourth-order valence-electron chi connectivity index (χ4n) is 2.20. The number of esters is 1. The van der Waals surface area contributed by atoms with E-state index in [0.29, 0.717) is 5.56 Å². The van der Waals surface area contributed by atoms with Crippen LogP contribution in [0.4, 0.5) is 5.13 Å². The van der Waals surface area contributed by atoms with Crippen molar-refractivity contribution in [2.45, 2.75) is 6.42 Å². The molecule has 0 atom stereocenters. The highest BCUT2D eigenvalue weighted by Gasteiger charge is 2.09. The molecule has 0 saturated heterocycles. The lowest BCUT2D eigenvalue weighted by atomic mass is 10.1. The molecule has 3 aromatic rings. The summed E-state index contributed by atoms with van der Waals surface area (Å²) >= 11 is 1.54. The van der Waals surface area contributed by atoms with Crippen LogP contribution in [0, 0.1) is 0 Å². The molecule has 0 aliphatic heterocycles. The Balaban J connectivity index is 1.68. The van der Waals surface area contributed by atoms with Gasteiger partial charge in [0.1, 0.15) is 0 Å². The molecule has 5 heteroatoms. The lowest BCUT2D eigenvalue weighted by Gasteiger charge is -2.02. The first-order valence-corrected chi connectivity index (χ1v) is 7.84. The molecule has 2 aromatic carbocycles. The molecule has 0 saturated carbocycles. The van der Waals surface area contributed by atoms with E-state index >= 15 is 0 Å². The van der Waals surface area contributed by atoms with E-state index in [2.05, 4.69) is 22.4 Å². The van der Waals surface area contributed by atoms with Crippen LogP contribution in [0.5, 0.6) is 0 Å². The summed E-state index contributed by atoms with van der Waals surface area (Å²) < 4.78 is 5.71. The monoisotopic (exact) mass is 312 g/mol. The lowest BCUT2D eigenvalue weighted by molar-refractivity contribution is 0.0601. The number of hydrogen-bond donors (Lipinski definition) is 1. The van der Waals surface area contributed by atoms with Gasteiger partial charge in [-0.05, 0) is 30.2 Å². The van der Waals surface area contributed by atoms with Gasteiger partial charge in [0.05, 0.1) is 22.9 Å². The second-order valence-corrected chi connectivity index (χ2v) is 5.89. The van der Waals surface area contributed by atoms with Crippen LogP contribution in [0.2, 0.25) is 0 Å². The smallest absolute Gasteiger partial charge is 0.337 e. The van der Waals surface area contributed by atoms with Gasteiger partial charge in [-0.25, -0.2) is 9.78 Å². The average molecular weight is 312 g/mol. The Hall–Kier alpha value is -2.40. The molecule has 3 rings (SSSR count). The van der Waals surface area contributed by atoms with Gasteiger partial charge in [0.2, 0.25) is 0 Å². The molecular formula is C17H16N2O2S. The number of hydrogen-bond acceptors (Lipinski definition) is 5. The second kappa shape index (κ2) is 6.58. The maximum atomic E-state index is 11.5. The summed E-state index contributed by atoms with van der Waals surface area (Å²) in [5.74, 6) is -0.325. The third kappa shape index (κ3) is 3.26. The molecule has 0 fully saturated rings. The zero-order valence-electron chi connectivity index (χ0n) is 12.2. The van der Waals surface area contributed by atoms with Crippen molar-refractivity contribution in [3.05, 3.63) is 59.7 Å². The van der Waals surface area contributed by atoms with Crippen LogP contribution < -0.4 is 5.32 Å². The number of methoxy groups -OCH3 is 1. The summed E-state index contributed by atoms with van der Waals surface area (Å²) in [4.78, 5) is 16.1. The van der Waals surface area contributed by atoms with Crippen molar-refractivity contribution >= 4 is 32.7 Å². The average Bonchev–Trinajstić information content (AvgIpc) is 2.97. The van der Waals surface area contributed by atoms with Gasteiger partial charge >= 0.3 is 5.97 Å². The molecule has 0 unspecified atom stereocenters. The number of ether oxygens (including phenoxy) is 1. The number of thiazole rings is 1. The molecule has 1 heterocycles. The quantitative estimate of drug-likeness (QED) is 0.729. The third-order valence-corrected chi connectivity index (χ3v) is 4.32. The van der Waals surface area contributed by atoms with Gasteiger partial charge < -0.3 is 10.1 Å². The molecule has 0 radical (unpaired) electrons. The SMILES string of the molecule is COC(=O)c1ccc2nc(NCCc3ccccc3)sc2c1. The van der Waals surface area contributed by atoms with Crippen molar-refractivity contribution < 1.29 is 9.53 Å². The third-order valence-electron chi connectivity index (χ3n) is 3.34. The summed E-state index contributed by atoms with van der Waals surface area (Å²) in [6.45, 7) is 0.827. The van der Waals surface area contributed by atoms with Gasteiger partial charge in [-0.3, -0.25) is 0 Å². The molecule has 0 aliphatic carbocycles. The number of carbonyl (C=O) groups is 1. The van der Waals surface area contributed by atoms with E-state index in [1.807, 2.05) is 30.3 Å². The van der Waals surface area contributed by atoms with Crippen LogP contribution in [0.3, 0.4) is 0 Å². The summed E-state index contributed by atoms with van der Waals surface area (Å²) in [7, 11) is 1.38. The summed E-state index contributed by atoms with van der Waals surface area (Å²) in [5.41, 5.74) is 2.73. The van der Waals surface area contributed by atoms with E-state index < -0.39 is 0 Å². The Morgan fingerprint density at radius 1 is 1.23 bits per heavy atom. The number of rotatable bonds is 5. The predicted octanol–water partition coefficient (Wildman–Crippen LogP) is 3.74. The first-order chi connectivity index (χ1) is 10.8. The van der Waals surface area contributed by atoms with Crippen LogP contribution in [0.15, 0.2) is 48.5 Å². The minimum atomic E-state index is -0.325. The highest BCUT2D eigenvalue weighted by molar-refractivity contribution is 7.22. The van der Waals surface area contributed by atoms with E-state index in [1.165, 1.54) is 12.7 Å². The Labute approximate surface area is 132 Å². The van der Waals surface area contributed by atoms with Crippen molar-refractivity contribution in [3.8, 4) is 0 Å². The second-order valence-electron chi connectivity index (χ2n) is 4.86. The zero-order valence-corrected chi connectivity index (χ0v) is 13.0. The Bertz CT molecular complexity index is 784. The molecule has 1 N–H and O–H groups in total. The molecule has 0 spiro atoms. The van der Waals surface area contributed by atoms with Crippen LogP contribution in [0.25, 0.3) is 10.2 Å². The topological polar surface area (TPSA) is 51.2 Å². The molecule has 0 amide bonds. The minimum absolute atomic E-state index is 0.325. The number of benzene rings is 2. The normalized spacial score (nSPS) is 10.6. The van der Waals surface area contributed by atoms with Gasteiger partial charge in [-0.2, -0.15) is 0 Å². The number of fused-ring (bicyclic) bond motifs is 1. The standard InChI is InChI=1S/C17H16N2O2S/c1-21-16(20)13-7-8-14-15(11-13)22-17(19-14)18-10-9-12-5-3-2-4-6-12/h2-8,11H,9-10H2,1H3,(H,18,19). The Morgan fingerprint density at radius 2 is 2.05 bits per heavy atom. The van der Waals surface area contributed by atoms with Gasteiger partial charge in [-0.15, -0.1) is 0 Å². The first kappa shape index (κ1) is 14.5. The predicted molar refractivity (Wildman–Crippen MR) is 89.6 cm³/mol. The van der Waals surface area contributed by atoms with Crippen LogP contribution in [-0.4, -0.2) is 24.6 Å². The maximum Gasteiger partial charge on any atom is 0.337 e. The molecule has 22 heavy (non-hydrogen) atoms. The molecule has 1 aromatic heterocycles. The van der Waals surface area contributed by atoms with Crippen LogP contribution in [0.1, 0.15) is 15.9 Å².